The van der Waals surface area contributed by atoms with Gasteiger partial charge in [-0.1, -0.05) is 18.2 Å². The third-order valence-electron chi connectivity index (χ3n) is 2.81. The van der Waals surface area contributed by atoms with Gasteiger partial charge in [0.2, 0.25) is 0 Å². The largest absolute Gasteiger partial charge is 0.497 e. The van der Waals surface area contributed by atoms with Crippen LogP contribution in [0, 0.1) is 0 Å². The fourth-order valence-corrected chi connectivity index (χ4v) is 2.54. The Hall–Kier alpha value is -2.54. The van der Waals surface area contributed by atoms with Gasteiger partial charge in [0, 0.05) is 11.6 Å². The van der Waals surface area contributed by atoms with E-state index >= 15 is 0 Å². The molecule has 7 heteroatoms. The highest BCUT2D eigenvalue weighted by Gasteiger charge is 2.11. The van der Waals surface area contributed by atoms with E-state index in [1.807, 2.05) is 0 Å². The van der Waals surface area contributed by atoms with Crippen molar-refractivity contribution in [3.05, 3.63) is 54.1 Å². The Balaban J connectivity index is 2.16. The minimum absolute atomic E-state index is 0.148. The molecule has 0 aliphatic heterocycles. The zero-order valence-corrected chi connectivity index (χ0v) is 13.0. The molecule has 0 spiro atoms. The molecule has 0 aliphatic rings. The first-order valence-electron chi connectivity index (χ1n) is 6.38. The van der Waals surface area contributed by atoms with E-state index in [1.165, 1.54) is 32.6 Å². The van der Waals surface area contributed by atoms with Crippen LogP contribution in [0.3, 0.4) is 0 Å². The topological polar surface area (TPSA) is 77.0 Å². The Bertz CT molecular complexity index is 736. The second-order valence-electron chi connectivity index (χ2n) is 4.31. The van der Waals surface area contributed by atoms with Crippen molar-refractivity contribution in [2.45, 2.75) is 4.90 Å². The van der Waals surface area contributed by atoms with Crippen LogP contribution in [0.4, 0.5) is 0 Å². The summed E-state index contributed by atoms with van der Waals surface area (Å²) in [4.78, 5) is 2.31. The van der Waals surface area contributed by atoms with Crippen molar-refractivity contribution >= 4 is 16.2 Å². The van der Waals surface area contributed by atoms with Gasteiger partial charge in [-0.05, 0) is 24.3 Å². The second kappa shape index (κ2) is 6.95. The van der Waals surface area contributed by atoms with E-state index in [0.29, 0.717) is 17.1 Å². The third kappa shape index (κ3) is 3.98. The molecule has 6 nitrogen and oxygen atoms in total. The minimum Gasteiger partial charge on any atom is -0.497 e. The molecule has 0 radical (unpaired) electrons. The van der Waals surface area contributed by atoms with Gasteiger partial charge >= 0.3 is 0 Å². The summed E-state index contributed by atoms with van der Waals surface area (Å²) in [5.41, 5.74) is 0.645. The quantitative estimate of drug-likeness (QED) is 0.652. The molecule has 0 aromatic heterocycles. The molecule has 2 aromatic rings. The number of hydrogen-bond donors (Lipinski definition) is 1. The van der Waals surface area contributed by atoms with Gasteiger partial charge < -0.3 is 9.47 Å². The monoisotopic (exact) mass is 320 g/mol. The van der Waals surface area contributed by atoms with Crippen molar-refractivity contribution in [1.82, 2.24) is 4.83 Å². The van der Waals surface area contributed by atoms with E-state index in [1.54, 1.807) is 36.4 Å². The van der Waals surface area contributed by atoms with Crippen LogP contribution in [-0.4, -0.2) is 28.9 Å². The van der Waals surface area contributed by atoms with Crippen molar-refractivity contribution in [3.63, 3.8) is 0 Å². The summed E-state index contributed by atoms with van der Waals surface area (Å²) in [6.45, 7) is 0. The van der Waals surface area contributed by atoms with Gasteiger partial charge in [-0.2, -0.15) is 13.5 Å². The van der Waals surface area contributed by atoms with Gasteiger partial charge in [-0.3, -0.25) is 0 Å². The first kappa shape index (κ1) is 15.8. The van der Waals surface area contributed by atoms with Gasteiger partial charge in [0.25, 0.3) is 10.0 Å². The molecule has 0 aliphatic carbocycles. The van der Waals surface area contributed by atoms with Crippen LogP contribution in [0.2, 0.25) is 0 Å². The lowest BCUT2D eigenvalue weighted by Crippen LogP contribution is -2.18. The van der Waals surface area contributed by atoms with E-state index in [-0.39, 0.29) is 4.90 Å². The van der Waals surface area contributed by atoms with Crippen LogP contribution < -0.4 is 14.3 Å². The molecule has 2 rings (SSSR count). The van der Waals surface area contributed by atoms with Gasteiger partial charge in [-0.25, -0.2) is 4.83 Å². The van der Waals surface area contributed by atoms with Crippen LogP contribution in [-0.2, 0) is 10.0 Å². The van der Waals surface area contributed by atoms with Gasteiger partial charge in [0.15, 0.2) is 0 Å². The molecular formula is C15H16N2O4S. The smallest absolute Gasteiger partial charge is 0.276 e. The van der Waals surface area contributed by atoms with Crippen molar-refractivity contribution in [3.8, 4) is 11.5 Å². The number of sulfonamides is 1. The standard InChI is InChI=1S/C15H16N2O4S/c1-20-13-8-12(9-14(10-13)21-2)11-16-17-22(18,19)15-6-4-3-5-7-15/h3-11,17H,1-2H3/b16-11-. The molecule has 0 fully saturated rings. The number of hydrogen-bond acceptors (Lipinski definition) is 5. The summed E-state index contributed by atoms with van der Waals surface area (Å²) in [6.07, 6.45) is 1.38. The summed E-state index contributed by atoms with van der Waals surface area (Å²) in [5, 5.41) is 3.77. The number of hydrazone groups is 1. The predicted molar refractivity (Wildman–Crippen MR) is 83.9 cm³/mol. The number of ether oxygens (including phenoxy) is 2. The molecule has 2 aromatic carbocycles. The average molecular weight is 320 g/mol. The van der Waals surface area contributed by atoms with Crippen molar-refractivity contribution in [2.24, 2.45) is 5.10 Å². The number of rotatable bonds is 6. The molecule has 0 bridgehead atoms. The third-order valence-corrected chi connectivity index (χ3v) is 4.05. The molecule has 0 amide bonds. The van der Waals surface area contributed by atoms with Crippen LogP contribution in [0.15, 0.2) is 58.5 Å². The van der Waals surface area contributed by atoms with Crippen LogP contribution >= 0.6 is 0 Å². The Labute approximate surface area is 129 Å². The maximum atomic E-state index is 12.0. The molecule has 0 saturated heterocycles. The minimum atomic E-state index is -3.67. The molecule has 116 valence electrons. The summed E-state index contributed by atoms with van der Waals surface area (Å²) in [5.74, 6) is 1.18. The lowest BCUT2D eigenvalue weighted by atomic mass is 10.2. The van der Waals surface area contributed by atoms with E-state index < -0.39 is 10.0 Å². The van der Waals surface area contributed by atoms with Crippen LogP contribution in [0.25, 0.3) is 0 Å². The Morgan fingerprint density at radius 1 is 1.00 bits per heavy atom. The van der Waals surface area contributed by atoms with E-state index in [0.717, 1.165) is 0 Å². The number of nitrogens with zero attached hydrogens (tertiary/aromatic N) is 1. The average Bonchev–Trinajstić information content (AvgIpc) is 2.55. The lowest BCUT2D eigenvalue weighted by Gasteiger charge is -2.06. The highest BCUT2D eigenvalue weighted by atomic mass is 32.2. The first-order chi connectivity index (χ1) is 10.5. The molecule has 0 unspecified atom stereocenters. The van der Waals surface area contributed by atoms with Crippen LogP contribution in [0.1, 0.15) is 5.56 Å². The van der Waals surface area contributed by atoms with Gasteiger partial charge in [-0.15, -0.1) is 0 Å². The SMILES string of the molecule is COc1cc(/C=N\NS(=O)(=O)c2ccccc2)cc(OC)c1. The normalized spacial score (nSPS) is 11.4. The fourth-order valence-electron chi connectivity index (χ4n) is 1.73. The molecule has 22 heavy (non-hydrogen) atoms. The van der Waals surface area contributed by atoms with E-state index in [4.69, 9.17) is 9.47 Å². The maximum Gasteiger partial charge on any atom is 0.276 e. The summed E-state index contributed by atoms with van der Waals surface area (Å²) in [6, 6.07) is 13.2. The summed E-state index contributed by atoms with van der Waals surface area (Å²) >= 11 is 0. The lowest BCUT2D eigenvalue weighted by molar-refractivity contribution is 0.394. The number of nitrogens with one attached hydrogen (secondary N) is 1. The summed E-state index contributed by atoms with van der Waals surface area (Å²) < 4.78 is 34.3. The highest BCUT2D eigenvalue weighted by Crippen LogP contribution is 2.21. The van der Waals surface area contributed by atoms with E-state index in [9.17, 15) is 8.42 Å². The molecule has 0 saturated carbocycles. The van der Waals surface area contributed by atoms with Crippen LogP contribution in [0.5, 0.6) is 11.5 Å². The zero-order valence-electron chi connectivity index (χ0n) is 12.2. The number of methoxy groups -OCH3 is 2. The molecular weight excluding hydrogens is 304 g/mol. The Morgan fingerprint density at radius 3 is 2.14 bits per heavy atom. The van der Waals surface area contributed by atoms with E-state index in [2.05, 4.69) is 9.93 Å². The Morgan fingerprint density at radius 2 is 1.59 bits per heavy atom. The van der Waals surface area contributed by atoms with Crippen molar-refractivity contribution < 1.29 is 17.9 Å². The maximum absolute atomic E-state index is 12.0. The fraction of sp³-hybridized carbons (Fsp3) is 0.133. The zero-order chi connectivity index (χ0) is 16.0. The van der Waals surface area contributed by atoms with Crippen molar-refractivity contribution in [1.29, 1.82) is 0 Å². The van der Waals surface area contributed by atoms with Gasteiger partial charge in [0.1, 0.15) is 11.5 Å². The second-order valence-corrected chi connectivity index (χ2v) is 5.97. The highest BCUT2D eigenvalue weighted by molar-refractivity contribution is 7.89. The molecule has 1 N–H and O–H groups in total. The molecule has 0 atom stereocenters. The first-order valence-corrected chi connectivity index (χ1v) is 7.86. The van der Waals surface area contributed by atoms with Gasteiger partial charge in [0.05, 0.1) is 25.3 Å². The molecule has 0 heterocycles. The number of benzene rings is 2. The Kier molecular flexibility index (Phi) is 5.00. The summed E-state index contributed by atoms with van der Waals surface area (Å²) in [7, 11) is -0.601. The van der Waals surface area contributed by atoms with Crippen molar-refractivity contribution in [2.75, 3.05) is 14.2 Å². The predicted octanol–water partition coefficient (Wildman–Crippen LogP) is 2.02.